The normalized spacial score (nSPS) is 24.2. The largest absolute Gasteiger partial charge is 0.467 e. The number of aromatic nitrogens is 2. The first-order valence-corrected chi connectivity index (χ1v) is 10.8. The maximum Gasteiger partial charge on any atom is 0.329 e. The molecule has 0 bridgehead atoms. The maximum atomic E-state index is 13.3. The smallest absolute Gasteiger partial charge is 0.329 e. The Morgan fingerprint density at radius 3 is 2.56 bits per heavy atom. The lowest BCUT2D eigenvalue weighted by atomic mass is 9.85. The monoisotopic (exact) mass is 464 g/mol. The number of hydrogen-bond acceptors (Lipinski definition) is 8. The first kappa shape index (κ1) is 22.2. The summed E-state index contributed by atoms with van der Waals surface area (Å²) in [7, 11) is 1.19. The molecule has 176 valence electrons. The molecular formula is C24H24N4O6. The van der Waals surface area contributed by atoms with E-state index in [9.17, 15) is 24.7 Å². The van der Waals surface area contributed by atoms with Crippen LogP contribution in [-0.4, -0.2) is 55.6 Å². The average molecular weight is 464 g/mol. The predicted molar refractivity (Wildman–Crippen MR) is 121 cm³/mol. The zero-order valence-electron chi connectivity index (χ0n) is 18.9. The highest BCUT2D eigenvalue weighted by Crippen LogP contribution is 2.53. The summed E-state index contributed by atoms with van der Waals surface area (Å²) in [6.07, 6.45) is -0.309. The number of para-hydroxylation sites is 2. The number of amides is 1. The fraction of sp³-hybridized carbons (Fsp3) is 0.333. The molecule has 0 unspecified atom stereocenters. The van der Waals surface area contributed by atoms with Gasteiger partial charge in [0.2, 0.25) is 0 Å². The number of esters is 1. The highest BCUT2D eigenvalue weighted by molar-refractivity contribution is 6.04. The van der Waals surface area contributed by atoms with Gasteiger partial charge >= 0.3 is 5.97 Å². The van der Waals surface area contributed by atoms with Gasteiger partial charge in [-0.25, -0.2) is 9.78 Å². The van der Waals surface area contributed by atoms with Crippen LogP contribution < -0.4 is 10.5 Å². The molecule has 34 heavy (non-hydrogen) atoms. The van der Waals surface area contributed by atoms with E-state index in [0.717, 1.165) is 9.63 Å². The number of fused-ring (bicyclic) bond motifs is 4. The molecule has 2 aliphatic rings. The Morgan fingerprint density at radius 2 is 1.82 bits per heavy atom. The molecule has 3 atom stereocenters. The zero-order valence-corrected chi connectivity index (χ0v) is 18.9. The molecule has 2 aliphatic heterocycles. The summed E-state index contributed by atoms with van der Waals surface area (Å²) in [6, 6.07) is 12.2. The van der Waals surface area contributed by atoms with Gasteiger partial charge in [-0.1, -0.05) is 30.3 Å². The van der Waals surface area contributed by atoms with E-state index in [1.54, 1.807) is 62.4 Å². The van der Waals surface area contributed by atoms with E-state index in [1.165, 1.54) is 18.3 Å². The standard InChI is InChI=1S/C24H24N4O6/c1-23(2)22(31)27-17-11-7-5-9-15(17)24(32,21(27)28(23)33)12-18(20(30)34-3)26-13-25-16-10-6-4-8-14(16)19(26)29/h4-11,13,18,21,32-33H,12H2,1-3H3/t18-,21+,24-/m0/s1. The van der Waals surface area contributed by atoms with Gasteiger partial charge in [-0.3, -0.25) is 19.1 Å². The summed E-state index contributed by atoms with van der Waals surface area (Å²) in [6.45, 7) is 3.10. The second-order valence-electron chi connectivity index (χ2n) is 9.11. The molecule has 1 fully saturated rings. The van der Waals surface area contributed by atoms with Crippen LogP contribution >= 0.6 is 0 Å². The van der Waals surface area contributed by atoms with Crippen molar-refractivity contribution in [1.29, 1.82) is 0 Å². The van der Waals surface area contributed by atoms with Crippen LogP contribution in [0.25, 0.3) is 10.9 Å². The molecule has 3 heterocycles. The van der Waals surface area contributed by atoms with Crippen LogP contribution in [0.5, 0.6) is 0 Å². The number of benzene rings is 2. The Balaban J connectivity index is 1.68. The Morgan fingerprint density at radius 1 is 1.15 bits per heavy atom. The van der Waals surface area contributed by atoms with Gasteiger partial charge in [-0.15, -0.1) is 0 Å². The van der Waals surface area contributed by atoms with Crippen molar-refractivity contribution in [2.45, 2.75) is 43.6 Å². The van der Waals surface area contributed by atoms with Crippen molar-refractivity contribution in [2.75, 3.05) is 12.0 Å². The van der Waals surface area contributed by atoms with E-state index >= 15 is 0 Å². The Bertz CT molecular complexity index is 1390. The molecule has 2 aromatic carbocycles. The number of ether oxygens (including phenoxy) is 1. The molecule has 5 rings (SSSR count). The number of carbonyl (C=O) groups excluding carboxylic acids is 2. The lowest BCUT2D eigenvalue weighted by molar-refractivity contribution is -0.210. The van der Waals surface area contributed by atoms with E-state index in [4.69, 9.17) is 4.74 Å². The van der Waals surface area contributed by atoms with Crippen LogP contribution in [0.4, 0.5) is 5.69 Å². The van der Waals surface area contributed by atoms with Crippen LogP contribution in [0.1, 0.15) is 31.9 Å². The van der Waals surface area contributed by atoms with Gasteiger partial charge in [-0.05, 0) is 32.0 Å². The summed E-state index contributed by atoms with van der Waals surface area (Å²) in [5, 5.41) is 24.2. The molecule has 0 radical (unpaired) electrons. The summed E-state index contributed by atoms with van der Waals surface area (Å²) in [5.74, 6) is -1.17. The van der Waals surface area contributed by atoms with Crippen molar-refractivity contribution in [2.24, 2.45) is 0 Å². The minimum Gasteiger partial charge on any atom is -0.467 e. The molecule has 10 heteroatoms. The second-order valence-corrected chi connectivity index (χ2v) is 9.11. The molecule has 1 aromatic heterocycles. The lowest BCUT2D eigenvalue weighted by Crippen LogP contribution is -2.53. The van der Waals surface area contributed by atoms with E-state index in [2.05, 4.69) is 4.98 Å². The SMILES string of the molecule is COC(=O)[C@H](C[C@]1(O)c2ccccc2N2C(=O)C(C)(C)N(O)[C@@H]21)n1cnc2ccccc2c1=O. The van der Waals surface area contributed by atoms with Gasteiger partial charge in [0.25, 0.3) is 11.5 Å². The number of anilines is 1. The number of rotatable bonds is 4. The molecule has 0 spiro atoms. The van der Waals surface area contributed by atoms with Crippen LogP contribution in [0.2, 0.25) is 0 Å². The third kappa shape index (κ3) is 2.86. The average Bonchev–Trinajstić information content (AvgIpc) is 3.20. The van der Waals surface area contributed by atoms with Crippen LogP contribution in [-0.2, 0) is 19.9 Å². The number of methoxy groups -OCH3 is 1. The molecule has 10 nitrogen and oxygen atoms in total. The zero-order chi connectivity index (χ0) is 24.4. The Kier molecular flexibility index (Phi) is 4.87. The molecular weight excluding hydrogens is 440 g/mol. The number of aliphatic hydroxyl groups is 1. The molecule has 0 saturated carbocycles. The maximum absolute atomic E-state index is 13.3. The van der Waals surface area contributed by atoms with E-state index in [1.807, 2.05) is 0 Å². The van der Waals surface area contributed by atoms with Gasteiger partial charge in [-0.2, -0.15) is 5.06 Å². The van der Waals surface area contributed by atoms with Crippen LogP contribution in [0.15, 0.2) is 59.7 Å². The molecule has 2 N–H and O–H groups in total. The number of nitrogens with zero attached hydrogens (tertiary/aromatic N) is 4. The van der Waals surface area contributed by atoms with Gasteiger partial charge in [0, 0.05) is 12.0 Å². The van der Waals surface area contributed by atoms with Crippen molar-refractivity contribution in [3.8, 4) is 0 Å². The van der Waals surface area contributed by atoms with Crippen molar-refractivity contribution < 1.29 is 24.6 Å². The third-order valence-corrected chi connectivity index (χ3v) is 6.85. The van der Waals surface area contributed by atoms with E-state index in [-0.39, 0.29) is 6.42 Å². The summed E-state index contributed by atoms with van der Waals surface area (Å²) >= 11 is 0. The fourth-order valence-electron chi connectivity index (χ4n) is 5.01. The molecule has 1 saturated heterocycles. The third-order valence-electron chi connectivity index (χ3n) is 6.85. The highest BCUT2D eigenvalue weighted by atomic mass is 16.5. The number of hydrogen-bond donors (Lipinski definition) is 2. The minimum absolute atomic E-state index is 0.306. The van der Waals surface area contributed by atoms with Gasteiger partial charge < -0.3 is 15.1 Å². The quantitative estimate of drug-likeness (QED) is 0.557. The molecule has 0 aliphatic carbocycles. The van der Waals surface area contributed by atoms with Crippen LogP contribution in [0, 0.1) is 0 Å². The first-order chi connectivity index (χ1) is 16.1. The van der Waals surface area contributed by atoms with E-state index < -0.39 is 40.8 Å². The molecule has 3 aromatic rings. The lowest BCUT2D eigenvalue weighted by Gasteiger charge is -2.37. The summed E-state index contributed by atoms with van der Waals surface area (Å²) in [5.41, 5.74) is -2.44. The van der Waals surface area contributed by atoms with Crippen molar-refractivity contribution in [3.63, 3.8) is 0 Å². The fourth-order valence-corrected chi connectivity index (χ4v) is 5.01. The molecule has 1 amide bonds. The van der Waals surface area contributed by atoms with E-state index in [0.29, 0.717) is 22.2 Å². The topological polar surface area (TPSA) is 125 Å². The Hall–Kier alpha value is -3.60. The van der Waals surface area contributed by atoms with Crippen molar-refractivity contribution in [1.82, 2.24) is 14.6 Å². The van der Waals surface area contributed by atoms with Gasteiger partial charge in [0.15, 0.2) is 0 Å². The highest BCUT2D eigenvalue weighted by Gasteiger charge is 2.65. The minimum atomic E-state index is -1.90. The summed E-state index contributed by atoms with van der Waals surface area (Å²) < 4.78 is 6.11. The predicted octanol–water partition coefficient (Wildman–Crippen LogP) is 1.54. The number of hydroxylamine groups is 2. The number of carbonyl (C=O) groups is 2. The summed E-state index contributed by atoms with van der Waals surface area (Å²) in [4.78, 5) is 45.0. The Labute approximate surface area is 194 Å². The van der Waals surface area contributed by atoms with Gasteiger partial charge in [0.05, 0.1) is 30.0 Å². The first-order valence-electron chi connectivity index (χ1n) is 10.8. The van der Waals surface area contributed by atoms with Crippen molar-refractivity contribution >= 4 is 28.5 Å². The van der Waals surface area contributed by atoms with Gasteiger partial charge in [0.1, 0.15) is 23.3 Å². The van der Waals surface area contributed by atoms with Crippen LogP contribution in [0.3, 0.4) is 0 Å². The van der Waals surface area contributed by atoms with Crippen molar-refractivity contribution in [3.05, 3.63) is 70.8 Å². The second kappa shape index (κ2) is 7.45.